The Morgan fingerprint density at radius 3 is 2.64 bits per heavy atom. The number of rotatable bonds is 3. The first-order valence-electron chi connectivity index (χ1n) is 4.93. The highest BCUT2D eigenvalue weighted by molar-refractivity contribution is 5.78. The fourth-order valence-electron chi connectivity index (χ4n) is 2.08. The maximum Gasteiger partial charge on any atom is 0.230 e. The number of Topliss-reactive ketones (excluding diaryl/α,β-unsaturated/α-hetero) is 1. The van der Waals surface area contributed by atoms with E-state index in [1.165, 1.54) is 0 Å². The van der Waals surface area contributed by atoms with Gasteiger partial charge in [-0.05, 0) is 31.8 Å². The van der Waals surface area contributed by atoms with Gasteiger partial charge < -0.3 is 0 Å². The van der Waals surface area contributed by atoms with Crippen molar-refractivity contribution in [3.05, 3.63) is 22.4 Å². The first-order valence-corrected chi connectivity index (χ1v) is 4.93. The molecule has 4 heteroatoms. The highest BCUT2D eigenvalue weighted by Gasteiger charge is 2.27. The van der Waals surface area contributed by atoms with Gasteiger partial charge in [-0.25, -0.2) is 0 Å². The normalized spacial score (nSPS) is 27.8. The number of ketones is 1. The van der Waals surface area contributed by atoms with Crippen molar-refractivity contribution in [1.29, 1.82) is 0 Å². The predicted octanol–water partition coefficient (Wildman–Crippen LogP) is 2.17. The summed E-state index contributed by atoms with van der Waals surface area (Å²) < 4.78 is 0. The minimum absolute atomic E-state index is 0.0000463. The van der Waals surface area contributed by atoms with Gasteiger partial charge in [0.25, 0.3) is 0 Å². The molecule has 2 atom stereocenters. The average Bonchev–Trinajstić information content (AvgIpc) is 2.15. The Hall–Kier alpha value is -1.19. The second-order valence-corrected chi connectivity index (χ2v) is 3.79. The molecule has 1 aliphatic rings. The van der Waals surface area contributed by atoms with E-state index in [2.05, 4.69) is 0 Å². The second kappa shape index (κ2) is 4.88. The van der Waals surface area contributed by atoms with Crippen molar-refractivity contribution < 1.29 is 9.72 Å². The van der Waals surface area contributed by atoms with Gasteiger partial charge in [-0.15, -0.1) is 0 Å². The molecule has 0 bridgehead atoms. The van der Waals surface area contributed by atoms with E-state index in [0.717, 1.165) is 31.9 Å². The van der Waals surface area contributed by atoms with Crippen LogP contribution in [0.4, 0.5) is 0 Å². The minimum Gasteiger partial charge on any atom is -0.300 e. The summed E-state index contributed by atoms with van der Waals surface area (Å²) in [4.78, 5) is 20.9. The summed E-state index contributed by atoms with van der Waals surface area (Å²) in [5, 5.41) is 10.2. The van der Waals surface area contributed by atoms with Gasteiger partial charge in [0.2, 0.25) is 6.20 Å². The standard InChI is InChI=1S/C10H15NO3/c1-8(12)10-5-3-2-4-9(10)6-7-11(13)14/h6-7,9-10H,2-5H2,1H3/b7-6+/t9-,10+/m1/s1. The molecule has 0 unspecified atom stereocenters. The summed E-state index contributed by atoms with van der Waals surface area (Å²) in [6.07, 6.45) is 6.44. The quantitative estimate of drug-likeness (QED) is 0.514. The monoisotopic (exact) mass is 197 g/mol. The van der Waals surface area contributed by atoms with Gasteiger partial charge in [-0.1, -0.05) is 12.8 Å². The lowest BCUT2D eigenvalue weighted by Crippen LogP contribution is -2.24. The van der Waals surface area contributed by atoms with Crippen LogP contribution in [0.3, 0.4) is 0 Å². The second-order valence-electron chi connectivity index (χ2n) is 3.79. The third-order valence-electron chi connectivity index (χ3n) is 2.80. The summed E-state index contributed by atoms with van der Waals surface area (Å²) in [6.45, 7) is 1.57. The van der Waals surface area contributed by atoms with E-state index < -0.39 is 4.92 Å². The molecule has 0 spiro atoms. The number of carbonyl (C=O) groups excluding carboxylic acids is 1. The molecule has 0 aromatic rings. The number of allylic oxidation sites excluding steroid dienone is 1. The molecule has 0 aliphatic heterocycles. The average molecular weight is 197 g/mol. The molecule has 1 aliphatic carbocycles. The molecular formula is C10H15NO3. The summed E-state index contributed by atoms with van der Waals surface area (Å²) in [5.74, 6) is 0.231. The van der Waals surface area contributed by atoms with Gasteiger partial charge in [0, 0.05) is 5.92 Å². The van der Waals surface area contributed by atoms with Crippen molar-refractivity contribution in [3.63, 3.8) is 0 Å². The molecule has 0 saturated heterocycles. The summed E-state index contributed by atoms with van der Waals surface area (Å²) in [6, 6.07) is 0. The van der Waals surface area contributed by atoms with Crippen LogP contribution in [0.2, 0.25) is 0 Å². The van der Waals surface area contributed by atoms with E-state index >= 15 is 0 Å². The summed E-state index contributed by atoms with van der Waals surface area (Å²) in [5.41, 5.74) is 0. The summed E-state index contributed by atoms with van der Waals surface area (Å²) in [7, 11) is 0. The maximum atomic E-state index is 11.3. The van der Waals surface area contributed by atoms with E-state index in [0.29, 0.717) is 0 Å². The highest BCUT2D eigenvalue weighted by atomic mass is 16.6. The van der Waals surface area contributed by atoms with Crippen LogP contribution in [0.5, 0.6) is 0 Å². The molecule has 0 aromatic heterocycles. The Morgan fingerprint density at radius 1 is 1.43 bits per heavy atom. The van der Waals surface area contributed by atoms with Crippen LogP contribution in [-0.4, -0.2) is 10.7 Å². The topological polar surface area (TPSA) is 60.2 Å². The van der Waals surface area contributed by atoms with E-state index in [1.807, 2.05) is 0 Å². The van der Waals surface area contributed by atoms with Crippen LogP contribution in [0.15, 0.2) is 12.3 Å². The molecule has 0 N–H and O–H groups in total. The Labute approximate surface area is 83.1 Å². The van der Waals surface area contributed by atoms with Gasteiger partial charge in [0.15, 0.2) is 0 Å². The van der Waals surface area contributed by atoms with E-state index in [4.69, 9.17) is 0 Å². The van der Waals surface area contributed by atoms with Crippen molar-refractivity contribution in [2.45, 2.75) is 32.6 Å². The predicted molar refractivity (Wildman–Crippen MR) is 52.3 cm³/mol. The van der Waals surface area contributed by atoms with Crippen molar-refractivity contribution in [3.8, 4) is 0 Å². The van der Waals surface area contributed by atoms with Gasteiger partial charge in [0.1, 0.15) is 5.78 Å². The fourth-order valence-corrected chi connectivity index (χ4v) is 2.08. The largest absolute Gasteiger partial charge is 0.300 e. The number of carbonyl (C=O) groups is 1. The zero-order valence-corrected chi connectivity index (χ0v) is 8.31. The lowest BCUT2D eigenvalue weighted by Gasteiger charge is -2.26. The van der Waals surface area contributed by atoms with Crippen LogP contribution in [0.1, 0.15) is 32.6 Å². The Bertz CT molecular complexity index is 260. The lowest BCUT2D eigenvalue weighted by atomic mass is 9.77. The fraction of sp³-hybridized carbons (Fsp3) is 0.700. The first-order chi connectivity index (χ1) is 6.61. The number of nitrogens with zero attached hydrogens (tertiary/aromatic N) is 1. The van der Waals surface area contributed by atoms with Gasteiger partial charge in [0.05, 0.1) is 4.92 Å². The Kier molecular flexibility index (Phi) is 3.80. The Balaban J connectivity index is 2.63. The molecule has 1 fully saturated rings. The smallest absolute Gasteiger partial charge is 0.230 e. The van der Waals surface area contributed by atoms with Gasteiger partial charge >= 0.3 is 0 Å². The molecular weight excluding hydrogens is 182 g/mol. The number of hydrogen-bond donors (Lipinski definition) is 0. The van der Waals surface area contributed by atoms with E-state index in [9.17, 15) is 14.9 Å². The molecule has 78 valence electrons. The minimum atomic E-state index is -0.466. The van der Waals surface area contributed by atoms with Crippen molar-refractivity contribution in [1.82, 2.24) is 0 Å². The molecule has 0 radical (unpaired) electrons. The number of nitro groups is 1. The van der Waals surface area contributed by atoms with E-state index in [-0.39, 0.29) is 17.6 Å². The molecule has 0 aromatic carbocycles. The van der Waals surface area contributed by atoms with Crippen LogP contribution in [-0.2, 0) is 4.79 Å². The first kappa shape index (κ1) is 10.9. The third-order valence-corrected chi connectivity index (χ3v) is 2.80. The van der Waals surface area contributed by atoms with Crippen molar-refractivity contribution in [2.75, 3.05) is 0 Å². The summed E-state index contributed by atoms with van der Waals surface area (Å²) >= 11 is 0. The van der Waals surface area contributed by atoms with Crippen molar-refractivity contribution >= 4 is 5.78 Å². The zero-order valence-electron chi connectivity index (χ0n) is 8.31. The van der Waals surface area contributed by atoms with Gasteiger partial charge in [-0.3, -0.25) is 14.9 Å². The molecule has 1 rings (SSSR count). The lowest BCUT2D eigenvalue weighted by molar-refractivity contribution is -0.402. The van der Waals surface area contributed by atoms with Gasteiger partial charge in [-0.2, -0.15) is 0 Å². The molecule has 4 nitrogen and oxygen atoms in total. The molecule has 1 saturated carbocycles. The van der Waals surface area contributed by atoms with Crippen LogP contribution >= 0.6 is 0 Å². The van der Waals surface area contributed by atoms with Crippen LogP contribution < -0.4 is 0 Å². The molecule has 14 heavy (non-hydrogen) atoms. The van der Waals surface area contributed by atoms with Crippen molar-refractivity contribution in [2.24, 2.45) is 11.8 Å². The zero-order chi connectivity index (χ0) is 10.6. The van der Waals surface area contributed by atoms with Crippen LogP contribution in [0.25, 0.3) is 0 Å². The number of hydrogen-bond acceptors (Lipinski definition) is 3. The SMILES string of the molecule is CC(=O)[C@@H]1CCCC[C@@H]1/C=C/[N+](=O)[O-]. The molecule has 0 amide bonds. The van der Waals surface area contributed by atoms with Crippen LogP contribution in [0, 0.1) is 22.0 Å². The van der Waals surface area contributed by atoms with E-state index in [1.54, 1.807) is 13.0 Å². The molecule has 0 heterocycles. The Morgan fingerprint density at radius 2 is 2.07 bits per heavy atom. The highest BCUT2D eigenvalue weighted by Crippen LogP contribution is 2.31. The maximum absolute atomic E-state index is 11.3. The third kappa shape index (κ3) is 2.94.